The molecule has 2 rings (SSSR count). The highest BCUT2D eigenvalue weighted by molar-refractivity contribution is 5.78. The first-order chi connectivity index (χ1) is 11.0. The van der Waals surface area contributed by atoms with E-state index in [1.54, 1.807) is 7.11 Å². The minimum Gasteiger partial charge on any atom is -0.495 e. The van der Waals surface area contributed by atoms with E-state index >= 15 is 0 Å². The van der Waals surface area contributed by atoms with Crippen molar-refractivity contribution >= 4 is 11.6 Å². The number of hydrogen-bond acceptors (Lipinski definition) is 4. The van der Waals surface area contributed by atoms with Gasteiger partial charge in [-0.3, -0.25) is 9.69 Å². The molecule has 1 atom stereocenters. The number of ether oxygens (including phenoxy) is 1. The van der Waals surface area contributed by atoms with E-state index in [0.29, 0.717) is 12.5 Å². The molecule has 128 valence electrons. The number of carbonyl (C=O) groups is 1. The van der Waals surface area contributed by atoms with E-state index in [2.05, 4.69) is 42.0 Å². The first kappa shape index (κ1) is 17.6. The molecule has 0 spiro atoms. The van der Waals surface area contributed by atoms with Crippen molar-refractivity contribution in [2.24, 2.45) is 5.92 Å². The maximum atomic E-state index is 12.1. The number of anilines is 1. The fourth-order valence-corrected chi connectivity index (χ4v) is 2.71. The second-order valence-electron chi connectivity index (χ2n) is 6.54. The minimum atomic E-state index is 0.122. The van der Waals surface area contributed by atoms with Gasteiger partial charge in [0.2, 0.25) is 5.91 Å². The van der Waals surface area contributed by atoms with Gasteiger partial charge in [-0.05, 0) is 25.0 Å². The lowest BCUT2D eigenvalue weighted by Gasteiger charge is -2.36. The molecule has 5 heteroatoms. The number of benzene rings is 1. The van der Waals surface area contributed by atoms with Crippen LogP contribution in [0.4, 0.5) is 5.69 Å². The Morgan fingerprint density at radius 2 is 1.83 bits per heavy atom. The van der Waals surface area contributed by atoms with Crippen LogP contribution >= 0.6 is 0 Å². The molecule has 1 saturated heterocycles. The second kappa shape index (κ2) is 8.20. The van der Waals surface area contributed by atoms with Gasteiger partial charge in [0.1, 0.15) is 5.75 Å². The predicted octanol–water partition coefficient (Wildman–Crippen LogP) is 1.98. The molecule has 1 amide bonds. The summed E-state index contributed by atoms with van der Waals surface area (Å²) in [5.41, 5.74) is 1.13. The van der Waals surface area contributed by atoms with Crippen LogP contribution in [-0.4, -0.2) is 56.7 Å². The largest absolute Gasteiger partial charge is 0.495 e. The van der Waals surface area contributed by atoms with Crippen molar-refractivity contribution in [1.29, 1.82) is 0 Å². The Labute approximate surface area is 139 Å². The van der Waals surface area contributed by atoms with Crippen LogP contribution in [-0.2, 0) is 4.79 Å². The molecule has 5 nitrogen and oxygen atoms in total. The second-order valence-corrected chi connectivity index (χ2v) is 6.54. The molecule has 0 radical (unpaired) electrons. The van der Waals surface area contributed by atoms with Crippen molar-refractivity contribution in [2.75, 3.05) is 44.7 Å². The fourth-order valence-electron chi connectivity index (χ4n) is 2.71. The Morgan fingerprint density at radius 3 is 2.43 bits per heavy atom. The molecular weight excluding hydrogens is 290 g/mol. The molecule has 1 fully saturated rings. The highest BCUT2D eigenvalue weighted by atomic mass is 16.5. The molecule has 1 aliphatic rings. The molecule has 1 aromatic carbocycles. The maximum Gasteiger partial charge on any atom is 0.234 e. The summed E-state index contributed by atoms with van der Waals surface area (Å²) in [6, 6.07) is 8.31. The van der Waals surface area contributed by atoms with Gasteiger partial charge in [-0.25, -0.2) is 0 Å². The highest BCUT2D eigenvalue weighted by Gasteiger charge is 2.21. The minimum absolute atomic E-state index is 0.122. The lowest BCUT2D eigenvalue weighted by atomic mass is 10.1. The molecule has 0 aromatic heterocycles. The average molecular weight is 319 g/mol. The number of methoxy groups -OCH3 is 1. The number of hydrogen-bond donors (Lipinski definition) is 1. The monoisotopic (exact) mass is 319 g/mol. The third-order valence-electron chi connectivity index (χ3n) is 4.55. The molecular formula is C18H29N3O2. The van der Waals surface area contributed by atoms with Crippen molar-refractivity contribution in [1.82, 2.24) is 10.2 Å². The highest BCUT2D eigenvalue weighted by Crippen LogP contribution is 2.28. The zero-order valence-corrected chi connectivity index (χ0v) is 14.7. The predicted molar refractivity (Wildman–Crippen MR) is 94.1 cm³/mol. The van der Waals surface area contributed by atoms with Gasteiger partial charge in [-0.2, -0.15) is 0 Å². The van der Waals surface area contributed by atoms with Crippen molar-refractivity contribution < 1.29 is 9.53 Å². The standard InChI is InChI=1S/C18H29N3O2/c1-14(2)15(3)19-18(22)13-20-9-11-21(12-10-20)16-7-5-6-8-17(16)23-4/h5-8,14-15H,9-13H2,1-4H3,(H,19,22). The number of rotatable bonds is 6. The van der Waals surface area contributed by atoms with Gasteiger partial charge in [0.15, 0.2) is 0 Å². The summed E-state index contributed by atoms with van der Waals surface area (Å²) in [7, 11) is 1.70. The summed E-state index contributed by atoms with van der Waals surface area (Å²) < 4.78 is 5.44. The summed E-state index contributed by atoms with van der Waals surface area (Å²) >= 11 is 0. The quantitative estimate of drug-likeness (QED) is 0.871. The summed E-state index contributed by atoms with van der Waals surface area (Å²) in [5, 5.41) is 3.07. The van der Waals surface area contributed by atoms with E-state index in [1.807, 2.05) is 18.2 Å². The Bertz CT molecular complexity index is 511. The van der Waals surface area contributed by atoms with Crippen LogP contribution in [0.25, 0.3) is 0 Å². The summed E-state index contributed by atoms with van der Waals surface area (Å²) in [6.07, 6.45) is 0. The number of nitrogens with zero attached hydrogens (tertiary/aromatic N) is 2. The SMILES string of the molecule is COc1ccccc1N1CCN(CC(=O)NC(C)C(C)C)CC1. The normalized spacial score (nSPS) is 17.2. The van der Waals surface area contributed by atoms with Gasteiger partial charge in [0.25, 0.3) is 0 Å². The van der Waals surface area contributed by atoms with E-state index in [-0.39, 0.29) is 11.9 Å². The first-order valence-electron chi connectivity index (χ1n) is 8.41. The average Bonchev–Trinajstić information content (AvgIpc) is 2.55. The smallest absolute Gasteiger partial charge is 0.234 e. The molecule has 0 bridgehead atoms. The lowest BCUT2D eigenvalue weighted by Crippen LogP contribution is -2.50. The van der Waals surface area contributed by atoms with Crippen LogP contribution in [0.2, 0.25) is 0 Å². The number of para-hydroxylation sites is 2. The van der Waals surface area contributed by atoms with Gasteiger partial charge >= 0.3 is 0 Å². The van der Waals surface area contributed by atoms with Gasteiger partial charge in [-0.15, -0.1) is 0 Å². The van der Waals surface area contributed by atoms with E-state index in [0.717, 1.165) is 37.6 Å². The third kappa shape index (κ3) is 4.86. The summed E-state index contributed by atoms with van der Waals surface area (Å²) in [4.78, 5) is 16.6. The molecule has 1 aromatic rings. The molecule has 1 aliphatic heterocycles. The van der Waals surface area contributed by atoms with Crippen molar-refractivity contribution in [2.45, 2.75) is 26.8 Å². The van der Waals surface area contributed by atoms with Crippen LogP contribution in [0.15, 0.2) is 24.3 Å². The van der Waals surface area contributed by atoms with Gasteiger partial charge in [0.05, 0.1) is 19.3 Å². The number of carbonyl (C=O) groups excluding carboxylic acids is 1. The van der Waals surface area contributed by atoms with Gasteiger partial charge in [0, 0.05) is 32.2 Å². The van der Waals surface area contributed by atoms with Crippen molar-refractivity contribution in [3.8, 4) is 5.75 Å². The molecule has 1 heterocycles. The fraction of sp³-hybridized carbons (Fsp3) is 0.611. The molecule has 1 unspecified atom stereocenters. The van der Waals surface area contributed by atoms with Crippen molar-refractivity contribution in [3.63, 3.8) is 0 Å². The molecule has 23 heavy (non-hydrogen) atoms. The third-order valence-corrected chi connectivity index (χ3v) is 4.55. The number of nitrogens with one attached hydrogen (secondary N) is 1. The topological polar surface area (TPSA) is 44.8 Å². The van der Waals surface area contributed by atoms with Crippen LogP contribution in [0.1, 0.15) is 20.8 Å². The van der Waals surface area contributed by atoms with E-state index in [9.17, 15) is 4.79 Å². The summed E-state index contributed by atoms with van der Waals surface area (Å²) in [6.45, 7) is 10.4. The Morgan fingerprint density at radius 1 is 1.17 bits per heavy atom. The Kier molecular flexibility index (Phi) is 6.28. The van der Waals surface area contributed by atoms with Crippen LogP contribution in [0.3, 0.4) is 0 Å². The zero-order chi connectivity index (χ0) is 16.8. The van der Waals surface area contributed by atoms with E-state index in [4.69, 9.17) is 4.74 Å². The zero-order valence-electron chi connectivity index (χ0n) is 14.7. The maximum absolute atomic E-state index is 12.1. The Balaban J connectivity index is 1.83. The molecule has 1 N–H and O–H groups in total. The molecule has 0 saturated carbocycles. The number of piperazine rings is 1. The summed E-state index contributed by atoms with van der Waals surface area (Å²) in [5.74, 6) is 1.49. The first-order valence-corrected chi connectivity index (χ1v) is 8.41. The van der Waals surface area contributed by atoms with Gasteiger partial charge < -0.3 is 15.0 Å². The van der Waals surface area contributed by atoms with Crippen LogP contribution in [0, 0.1) is 5.92 Å². The number of amides is 1. The lowest BCUT2D eigenvalue weighted by molar-refractivity contribution is -0.123. The molecule has 0 aliphatic carbocycles. The van der Waals surface area contributed by atoms with Crippen molar-refractivity contribution in [3.05, 3.63) is 24.3 Å². The van der Waals surface area contributed by atoms with E-state index < -0.39 is 0 Å². The van der Waals surface area contributed by atoms with E-state index in [1.165, 1.54) is 0 Å². The Hall–Kier alpha value is -1.75. The van der Waals surface area contributed by atoms with Gasteiger partial charge in [-0.1, -0.05) is 26.0 Å². The van der Waals surface area contributed by atoms with Crippen LogP contribution < -0.4 is 15.0 Å². The van der Waals surface area contributed by atoms with Crippen LogP contribution in [0.5, 0.6) is 5.75 Å².